The van der Waals surface area contributed by atoms with Crippen LogP contribution in [-0.2, 0) is 11.3 Å². The van der Waals surface area contributed by atoms with Gasteiger partial charge >= 0.3 is 0 Å². The van der Waals surface area contributed by atoms with Crippen LogP contribution < -0.4 is 16.0 Å². The van der Waals surface area contributed by atoms with Crippen LogP contribution in [0.5, 0.6) is 0 Å². The number of nitrogens with one attached hydrogen (secondary N) is 1. The molecule has 0 unspecified atom stereocenters. The van der Waals surface area contributed by atoms with Crippen molar-refractivity contribution < 1.29 is 4.79 Å². The highest BCUT2D eigenvalue weighted by Crippen LogP contribution is 2.24. The molecule has 4 heteroatoms. The zero-order chi connectivity index (χ0) is 15.1. The topological polar surface area (TPSA) is 58.4 Å². The number of hydrogen-bond acceptors (Lipinski definition) is 3. The van der Waals surface area contributed by atoms with Gasteiger partial charge in [0.2, 0.25) is 5.91 Å². The van der Waals surface area contributed by atoms with Crippen molar-refractivity contribution in [3.05, 3.63) is 29.3 Å². The van der Waals surface area contributed by atoms with Crippen LogP contribution >= 0.6 is 0 Å². The van der Waals surface area contributed by atoms with E-state index in [0.29, 0.717) is 0 Å². The zero-order valence-electron chi connectivity index (χ0n) is 13.1. The molecule has 0 fully saturated rings. The number of benzene rings is 1. The van der Waals surface area contributed by atoms with Gasteiger partial charge in [-0.05, 0) is 45.4 Å². The molecule has 1 aromatic rings. The molecule has 0 radical (unpaired) electrons. The number of hydrogen-bond donors (Lipinski definition) is 2. The fourth-order valence-electron chi connectivity index (χ4n) is 2.25. The van der Waals surface area contributed by atoms with Gasteiger partial charge in [-0.3, -0.25) is 4.79 Å². The van der Waals surface area contributed by atoms with Crippen molar-refractivity contribution in [2.45, 2.75) is 46.7 Å². The van der Waals surface area contributed by atoms with Crippen LogP contribution in [0.1, 0.15) is 38.3 Å². The van der Waals surface area contributed by atoms with Crippen molar-refractivity contribution >= 4 is 11.6 Å². The number of anilines is 1. The van der Waals surface area contributed by atoms with Crippen molar-refractivity contribution in [2.24, 2.45) is 5.73 Å². The van der Waals surface area contributed by atoms with Crippen molar-refractivity contribution in [3.8, 4) is 0 Å². The summed E-state index contributed by atoms with van der Waals surface area (Å²) in [5.41, 5.74) is 8.91. The van der Waals surface area contributed by atoms with Gasteiger partial charge in [0.1, 0.15) is 0 Å². The van der Waals surface area contributed by atoms with Gasteiger partial charge in [0, 0.05) is 18.3 Å². The Balaban J connectivity index is 3.02. The SMILES string of the molecule is CCCNCc1cc(C)ccc1N(CC(N)=O)C(C)C. The lowest BCUT2D eigenvalue weighted by atomic mass is 10.1. The van der Waals surface area contributed by atoms with Crippen LogP contribution in [0, 0.1) is 6.92 Å². The maximum Gasteiger partial charge on any atom is 0.236 e. The number of nitrogens with zero attached hydrogens (tertiary/aromatic N) is 1. The molecular weight excluding hydrogens is 250 g/mol. The Morgan fingerprint density at radius 1 is 1.40 bits per heavy atom. The van der Waals surface area contributed by atoms with Gasteiger partial charge in [0.05, 0.1) is 6.54 Å². The molecule has 1 amide bonds. The fourth-order valence-corrected chi connectivity index (χ4v) is 2.25. The van der Waals surface area contributed by atoms with Crippen LogP contribution in [-0.4, -0.2) is 25.0 Å². The van der Waals surface area contributed by atoms with E-state index >= 15 is 0 Å². The molecule has 1 rings (SSSR count). The van der Waals surface area contributed by atoms with E-state index in [4.69, 9.17) is 5.73 Å². The highest BCUT2D eigenvalue weighted by Gasteiger charge is 2.16. The normalized spacial score (nSPS) is 10.8. The first-order valence-electron chi connectivity index (χ1n) is 7.30. The molecular formula is C16H27N3O. The quantitative estimate of drug-likeness (QED) is 0.716. The summed E-state index contributed by atoms with van der Waals surface area (Å²) in [6.45, 7) is 10.4. The second-order valence-corrected chi connectivity index (χ2v) is 5.50. The molecule has 4 nitrogen and oxygen atoms in total. The lowest BCUT2D eigenvalue weighted by Gasteiger charge is -2.30. The fraction of sp³-hybridized carbons (Fsp3) is 0.562. The standard InChI is InChI=1S/C16H27N3O/c1-5-8-18-10-14-9-13(4)6-7-15(14)19(12(2)3)11-16(17)20/h6-7,9,12,18H,5,8,10-11H2,1-4H3,(H2,17,20). The summed E-state index contributed by atoms with van der Waals surface area (Å²) >= 11 is 0. The minimum Gasteiger partial charge on any atom is -0.368 e. The van der Waals surface area contributed by atoms with E-state index in [-0.39, 0.29) is 18.5 Å². The summed E-state index contributed by atoms with van der Waals surface area (Å²) in [6, 6.07) is 6.57. The second kappa shape index (κ2) is 7.90. The monoisotopic (exact) mass is 277 g/mol. The van der Waals surface area contributed by atoms with E-state index in [2.05, 4.69) is 56.1 Å². The summed E-state index contributed by atoms with van der Waals surface area (Å²) in [4.78, 5) is 13.4. The van der Waals surface area contributed by atoms with Crippen LogP contribution in [0.4, 0.5) is 5.69 Å². The smallest absolute Gasteiger partial charge is 0.236 e. The maximum atomic E-state index is 11.3. The Bertz CT molecular complexity index is 443. The molecule has 0 saturated heterocycles. The average molecular weight is 277 g/mol. The molecule has 0 aromatic heterocycles. The first-order chi connectivity index (χ1) is 9.45. The van der Waals surface area contributed by atoms with Crippen LogP contribution in [0.25, 0.3) is 0 Å². The van der Waals surface area contributed by atoms with Gasteiger partial charge in [-0.1, -0.05) is 24.6 Å². The third-order valence-corrected chi connectivity index (χ3v) is 3.24. The molecule has 3 N–H and O–H groups in total. The first kappa shape index (κ1) is 16.5. The van der Waals surface area contributed by atoms with Gasteiger partial charge in [-0.15, -0.1) is 0 Å². The number of amides is 1. The molecule has 20 heavy (non-hydrogen) atoms. The third kappa shape index (κ3) is 4.85. The number of primary amides is 1. The molecule has 0 heterocycles. The van der Waals surface area contributed by atoms with Crippen LogP contribution in [0.3, 0.4) is 0 Å². The number of carbonyl (C=O) groups excluding carboxylic acids is 1. The summed E-state index contributed by atoms with van der Waals surface area (Å²) in [6.07, 6.45) is 1.11. The summed E-state index contributed by atoms with van der Waals surface area (Å²) in [7, 11) is 0. The Kier molecular flexibility index (Phi) is 6.52. The Morgan fingerprint density at radius 3 is 2.65 bits per heavy atom. The second-order valence-electron chi connectivity index (χ2n) is 5.50. The number of nitrogens with two attached hydrogens (primary N) is 1. The van der Waals surface area contributed by atoms with Gasteiger partial charge < -0.3 is 16.0 Å². The number of aryl methyl sites for hydroxylation is 1. The van der Waals surface area contributed by atoms with Crippen molar-refractivity contribution in [3.63, 3.8) is 0 Å². The highest BCUT2D eigenvalue weighted by molar-refractivity contribution is 5.80. The Hall–Kier alpha value is -1.55. The first-order valence-corrected chi connectivity index (χ1v) is 7.30. The van der Waals surface area contributed by atoms with Gasteiger partial charge in [-0.25, -0.2) is 0 Å². The van der Waals surface area contributed by atoms with E-state index in [1.807, 2.05) is 0 Å². The lowest BCUT2D eigenvalue weighted by Crippen LogP contribution is -2.39. The largest absolute Gasteiger partial charge is 0.368 e. The molecule has 0 aliphatic rings. The highest BCUT2D eigenvalue weighted by atomic mass is 16.1. The summed E-state index contributed by atoms with van der Waals surface area (Å²) < 4.78 is 0. The zero-order valence-corrected chi connectivity index (χ0v) is 13.1. The lowest BCUT2D eigenvalue weighted by molar-refractivity contribution is -0.116. The molecule has 0 bridgehead atoms. The summed E-state index contributed by atoms with van der Waals surface area (Å²) in [5.74, 6) is -0.299. The van der Waals surface area contributed by atoms with Gasteiger partial charge in [-0.2, -0.15) is 0 Å². The molecule has 0 atom stereocenters. The molecule has 1 aromatic carbocycles. The third-order valence-electron chi connectivity index (χ3n) is 3.24. The molecule has 0 spiro atoms. The maximum absolute atomic E-state index is 11.3. The van der Waals surface area contributed by atoms with E-state index in [0.717, 1.165) is 25.2 Å². The molecule has 0 aliphatic heterocycles. The van der Waals surface area contributed by atoms with E-state index in [1.54, 1.807) is 0 Å². The molecule has 112 valence electrons. The predicted molar refractivity (Wildman–Crippen MR) is 84.9 cm³/mol. The van der Waals surface area contributed by atoms with Gasteiger partial charge in [0.15, 0.2) is 0 Å². The van der Waals surface area contributed by atoms with E-state index in [1.165, 1.54) is 11.1 Å². The van der Waals surface area contributed by atoms with E-state index < -0.39 is 0 Å². The predicted octanol–water partition coefficient (Wildman–Crippen LogP) is 2.19. The minimum absolute atomic E-state index is 0.232. The van der Waals surface area contributed by atoms with E-state index in [9.17, 15) is 4.79 Å². The Labute approximate surface area is 122 Å². The van der Waals surface area contributed by atoms with Crippen LogP contribution in [0.15, 0.2) is 18.2 Å². The Morgan fingerprint density at radius 2 is 2.10 bits per heavy atom. The van der Waals surface area contributed by atoms with Crippen molar-refractivity contribution in [2.75, 3.05) is 18.0 Å². The van der Waals surface area contributed by atoms with Crippen molar-refractivity contribution in [1.82, 2.24) is 5.32 Å². The van der Waals surface area contributed by atoms with Gasteiger partial charge in [0.25, 0.3) is 0 Å². The summed E-state index contributed by atoms with van der Waals surface area (Å²) in [5, 5.41) is 3.42. The number of carbonyl (C=O) groups is 1. The number of rotatable bonds is 8. The molecule has 0 saturated carbocycles. The average Bonchev–Trinajstić information content (AvgIpc) is 2.36. The molecule has 0 aliphatic carbocycles. The minimum atomic E-state index is -0.299. The van der Waals surface area contributed by atoms with Crippen LogP contribution in [0.2, 0.25) is 0 Å². The van der Waals surface area contributed by atoms with Crippen molar-refractivity contribution in [1.29, 1.82) is 0 Å².